The maximum atomic E-state index is 9.11. The second kappa shape index (κ2) is 10.00. The number of likely N-dealkylation sites (tertiary alicyclic amines) is 1. The van der Waals surface area contributed by atoms with Crippen LogP contribution in [-0.4, -0.2) is 44.1 Å². The van der Waals surface area contributed by atoms with Gasteiger partial charge in [0.25, 0.3) is 0 Å². The molecule has 4 heterocycles. The van der Waals surface area contributed by atoms with Crippen molar-refractivity contribution in [2.75, 3.05) is 25.0 Å². The Hall–Kier alpha value is -4.28. The number of piperidine rings is 1. The summed E-state index contributed by atoms with van der Waals surface area (Å²) in [6, 6.07) is 19.5. The minimum atomic E-state index is 0.107. The van der Waals surface area contributed by atoms with Gasteiger partial charge in [-0.15, -0.1) is 0 Å². The molecule has 37 heavy (non-hydrogen) atoms. The van der Waals surface area contributed by atoms with Gasteiger partial charge in [0.1, 0.15) is 0 Å². The van der Waals surface area contributed by atoms with Crippen LogP contribution in [0.4, 0.5) is 5.69 Å². The summed E-state index contributed by atoms with van der Waals surface area (Å²) in [5.74, 6) is 0.430. The van der Waals surface area contributed by atoms with E-state index in [1.165, 1.54) is 16.5 Å². The summed E-state index contributed by atoms with van der Waals surface area (Å²) in [6.07, 6.45) is 11.4. The quantitative estimate of drug-likeness (QED) is 0.315. The predicted octanol–water partition coefficient (Wildman–Crippen LogP) is 5.57. The summed E-state index contributed by atoms with van der Waals surface area (Å²) < 4.78 is 2.14. The molecule has 0 radical (unpaired) electrons. The van der Waals surface area contributed by atoms with Gasteiger partial charge < -0.3 is 9.88 Å². The lowest BCUT2D eigenvalue weighted by molar-refractivity contribution is 0.189. The van der Waals surface area contributed by atoms with Crippen LogP contribution in [-0.2, 0) is 7.05 Å². The Morgan fingerprint density at radius 3 is 2.73 bits per heavy atom. The summed E-state index contributed by atoms with van der Waals surface area (Å²) in [5, 5.41) is 14.2. The van der Waals surface area contributed by atoms with Gasteiger partial charge in [-0.1, -0.05) is 18.2 Å². The number of benzene rings is 2. The second-order valence-electron chi connectivity index (χ2n) is 9.83. The molecule has 7 nitrogen and oxygen atoms in total. The van der Waals surface area contributed by atoms with Crippen LogP contribution in [0.3, 0.4) is 0 Å². The molecule has 7 heteroatoms. The highest BCUT2D eigenvalue weighted by Crippen LogP contribution is 2.37. The number of fused-ring (bicyclic) bond motifs is 2. The van der Waals surface area contributed by atoms with Crippen LogP contribution >= 0.6 is 0 Å². The van der Waals surface area contributed by atoms with Gasteiger partial charge in [-0.3, -0.25) is 19.9 Å². The van der Waals surface area contributed by atoms with Gasteiger partial charge in [-0.2, -0.15) is 5.26 Å². The van der Waals surface area contributed by atoms with Crippen molar-refractivity contribution >= 4 is 27.6 Å². The number of nitrogens with one attached hydrogen (secondary N) is 1. The van der Waals surface area contributed by atoms with Crippen LogP contribution in [0.5, 0.6) is 0 Å². The first kappa shape index (κ1) is 23.1. The number of hydrogen-bond acceptors (Lipinski definition) is 6. The van der Waals surface area contributed by atoms with E-state index in [1.807, 2.05) is 18.5 Å². The molecule has 6 rings (SSSR count). The van der Waals surface area contributed by atoms with E-state index in [1.54, 1.807) is 12.4 Å². The maximum Gasteiger partial charge on any atom is 0.0966 e. The standard InChI is InChI=1S/C30H29N7/c1-36-13-6-21-4-5-23(17-28(21)36)26-18-25(19-27-30(26)34-12-11-33-27)35-29(24-3-2-10-32-20-24)22-7-14-37(15-8-22)16-9-31/h2-6,10-13,17-20,22,29,35H,7-8,14-16H2,1H3. The van der Waals surface area contributed by atoms with Crippen LogP contribution in [0, 0.1) is 17.2 Å². The fraction of sp³-hybridized carbons (Fsp3) is 0.267. The van der Waals surface area contributed by atoms with Gasteiger partial charge in [0, 0.05) is 54.8 Å². The Labute approximate surface area is 216 Å². The Kier molecular flexibility index (Phi) is 6.25. The predicted molar refractivity (Wildman–Crippen MR) is 147 cm³/mol. The number of pyridine rings is 1. The molecule has 1 saturated heterocycles. The van der Waals surface area contributed by atoms with E-state index >= 15 is 0 Å². The zero-order valence-corrected chi connectivity index (χ0v) is 20.9. The fourth-order valence-corrected chi connectivity index (χ4v) is 5.57. The molecule has 0 saturated carbocycles. The van der Waals surface area contributed by atoms with E-state index in [4.69, 9.17) is 10.2 Å². The van der Waals surface area contributed by atoms with Crippen molar-refractivity contribution in [2.45, 2.75) is 18.9 Å². The molecular weight excluding hydrogens is 458 g/mol. The average molecular weight is 488 g/mol. The third kappa shape index (κ3) is 4.64. The molecule has 3 aromatic heterocycles. The summed E-state index contributed by atoms with van der Waals surface area (Å²) in [4.78, 5) is 16.0. The molecule has 0 aliphatic carbocycles. The van der Waals surface area contributed by atoms with Gasteiger partial charge in [0.15, 0.2) is 0 Å². The lowest BCUT2D eigenvalue weighted by Gasteiger charge is -2.36. The summed E-state index contributed by atoms with van der Waals surface area (Å²) in [6.45, 7) is 2.36. The third-order valence-corrected chi connectivity index (χ3v) is 7.54. The van der Waals surface area contributed by atoms with Crippen molar-refractivity contribution in [3.8, 4) is 17.2 Å². The van der Waals surface area contributed by atoms with Crippen LogP contribution in [0.15, 0.2) is 79.5 Å². The van der Waals surface area contributed by atoms with E-state index < -0.39 is 0 Å². The zero-order chi connectivity index (χ0) is 25.2. The Morgan fingerprint density at radius 2 is 1.92 bits per heavy atom. The largest absolute Gasteiger partial charge is 0.378 e. The minimum Gasteiger partial charge on any atom is -0.378 e. The average Bonchev–Trinajstić information content (AvgIpc) is 3.32. The van der Waals surface area contributed by atoms with E-state index in [9.17, 15) is 0 Å². The van der Waals surface area contributed by atoms with Gasteiger partial charge in [0.05, 0.1) is 29.7 Å². The first-order valence-corrected chi connectivity index (χ1v) is 12.8. The normalized spacial score (nSPS) is 15.6. The van der Waals surface area contributed by atoms with Crippen molar-refractivity contribution in [3.63, 3.8) is 0 Å². The molecule has 0 spiro atoms. The molecule has 0 bridgehead atoms. The Bertz CT molecular complexity index is 1580. The second-order valence-corrected chi connectivity index (χ2v) is 9.83. The van der Waals surface area contributed by atoms with E-state index in [-0.39, 0.29) is 6.04 Å². The number of hydrogen-bond donors (Lipinski definition) is 1. The van der Waals surface area contributed by atoms with Crippen molar-refractivity contribution in [1.29, 1.82) is 5.26 Å². The van der Waals surface area contributed by atoms with Gasteiger partial charge >= 0.3 is 0 Å². The zero-order valence-electron chi connectivity index (χ0n) is 20.9. The number of nitrogens with zero attached hydrogens (tertiary/aromatic N) is 6. The molecular formula is C30H29N7. The minimum absolute atomic E-state index is 0.107. The lowest BCUT2D eigenvalue weighted by Crippen LogP contribution is -2.37. The van der Waals surface area contributed by atoms with Crippen molar-refractivity contribution in [2.24, 2.45) is 13.0 Å². The first-order chi connectivity index (χ1) is 18.2. The Balaban J connectivity index is 1.40. The number of nitriles is 1. The fourth-order valence-electron chi connectivity index (χ4n) is 5.57. The molecule has 1 aliphatic heterocycles. The summed E-state index contributed by atoms with van der Waals surface area (Å²) >= 11 is 0. The molecule has 1 fully saturated rings. The third-order valence-electron chi connectivity index (χ3n) is 7.54. The van der Waals surface area contributed by atoms with Crippen LogP contribution in [0.25, 0.3) is 33.1 Å². The van der Waals surface area contributed by atoms with Gasteiger partial charge in [0.2, 0.25) is 0 Å². The molecule has 0 amide bonds. The van der Waals surface area contributed by atoms with Crippen molar-refractivity contribution in [1.82, 2.24) is 24.4 Å². The monoisotopic (exact) mass is 487 g/mol. The smallest absolute Gasteiger partial charge is 0.0966 e. The number of aryl methyl sites for hydroxylation is 1. The highest BCUT2D eigenvalue weighted by Gasteiger charge is 2.28. The Morgan fingerprint density at radius 1 is 1.05 bits per heavy atom. The summed E-state index contributed by atoms with van der Waals surface area (Å²) in [5.41, 5.74) is 7.31. The number of aromatic nitrogens is 4. The number of rotatable bonds is 6. The highest BCUT2D eigenvalue weighted by atomic mass is 15.1. The van der Waals surface area contributed by atoms with Crippen molar-refractivity contribution < 1.29 is 0 Å². The van der Waals surface area contributed by atoms with Crippen molar-refractivity contribution in [3.05, 3.63) is 85.1 Å². The molecule has 2 aromatic carbocycles. The maximum absolute atomic E-state index is 9.11. The SMILES string of the molecule is Cn1ccc2ccc(-c3cc(NC(c4cccnc4)C4CCN(CC#N)CC4)cc4nccnc34)cc21. The summed E-state index contributed by atoms with van der Waals surface area (Å²) in [7, 11) is 2.07. The van der Waals surface area contributed by atoms with E-state index in [0.717, 1.165) is 53.8 Å². The molecule has 5 aromatic rings. The van der Waals surface area contributed by atoms with Gasteiger partial charge in [-0.05, 0) is 78.7 Å². The van der Waals surface area contributed by atoms with Crippen LogP contribution in [0.2, 0.25) is 0 Å². The molecule has 1 N–H and O–H groups in total. The molecule has 1 aliphatic rings. The number of anilines is 1. The van der Waals surface area contributed by atoms with E-state index in [0.29, 0.717) is 12.5 Å². The topological polar surface area (TPSA) is 82.7 Å². The molecule has 1 atom stereocenters. The van der Waals surface area contributed by atoms with E-state index in [2.05, 4.69) is 86.5 Å². The lowest BCUT2D eigenvalue weighted by atomic mass is 9.85. The van der Waals surface area contributed by atoms with Crippen LogP contribution in [0.1, 0.15) is 24.4 Å². The highest BCUT2D eigenvalue weighted by molar-refractivity contribution is 5.97. The van der Waals surface area contributed by atoms with Gasteiger partial charge in [-0.25, -0.2) is 0 Å². The molecule has 1 unspecified atom stereocenters. The first-order valence-electron chi connectivity index (χ1n) is 12.8. The van der Waals surface area contributed by atoms with Crippen LogP contribution < -0.4 is 5.32 Å². The molecule has 184 valence electrons.